The van der Waals surface area contributed by atoms with Crippen LogP contribution in [0.5, 0.6) is 5.75 Å². The van der Waals surface area contributed by atoms with Gasteiger partial charge < -0.3 is 4.74 Å². The number of hydrogen-bond donors (Lipinski definition) is 0. The second kappa shape index (κ2) is 7.41. The molecule has 0 radical (unpaired) electrons. The zero-order chi connectivity index (χ0) is 14.4. The van der Waals surface area contributed by atoms with Gasteiger partial charge in [-0.25, -0.2) is 0 Å². The second-order valence-electron chi connectivity index (χ2n) is 4.53. The summed E-state index contributed by atoms with van der Waals surface area (Å²) in [4.78, 5) is 13.8. The van der Waals surface area contributed by atoms with Gasteiger partial charge in [0.05, 0.1) is 5.92 Å². The third kappa shape index (κ3) is 4.62. The molecule has 0 bridgehead atoms. The fraction of sp³-hybridized carbons (Fsp3) is 0.188. The van der Waals surface area contributed by atoms with Gasteiger partial charge >= 0.3 is 5.97 Å². The van der Waals surface area contributed by atoms with Gasteiger partial charge in [-0.05, 0) is 36.4 Å². The molecular weight excluding hydrogens is 288 g/mol. The Hall–Kier alpha value is -1.39. The van der Waals surface area contributed by atoms with Crippen LogP contribution in [0, 0.1) is 5.92 Å². The Morgan fingerprint density at radius 3 is 2.00 bits per heavy atom. The van der Waals surface area contributed by atoms with Gasteiger partial charge in [-0.2, -0.15) is 0 Å². The van der Waals surface area contributed by atoms with Crippen molar-refractivity contribution in [2.75, 3.05) is 0 Å². The van der Waals surface area contributed by atoms with Crippen molar-refractivity contribution in [2.45, 2.75) is 23.6 Å². The summed E-state index contributed by atoms with van der Waals surface area (Å²) in [6, 6.07) is 17.8. The van der Waals surface area contributed by atoms with Crippen LogP contribution in [0.1, 0.15) is 13.8 Å². The van der Waals surface area contributed by atoms with Crippen molar-refractivity contribution in [2.24, 2.45) is 5.92 Å². The van der Waals surface area contributed by atoms with E-state index in [-0.39, 0.29) is 11.9 Å². The van der Waals surface area contributed by atoms with Crippen molar-refractivity contribution in [1.82, 2.24) is 0 Å². The van der Waals surface area contributed by atoms with Crippen molar-refractivity contribution >= 4 is 27.6 Å². The molecule has 104 valence electrons. The quantitative estimate of drug-likeness (QED) is 0.439. The number of benzene rings is 2. The van der Waals surface area contributed by atoms with Crippen LogP contribution in [0.4, 0.5) is 0 Å². The van der Waals surface area contributed by atoms with Crippen LogP contribution in [0.2, 0.25) is 0 Å². The molecule has 0 aliphatic carbocycles. The zero-order valence-corrected chi connectivity index (χ0v) is 13.0. The topological polar surface area (TPSA) is 26.3 Å². The Balaban J connectivity index is 1.90. The van der Waals surface area contributed by atoms with Gasteiger partial charge in [0.2, 0.25) is 0 Å². The average Bonchev–Trinajstić information content (AvgIpc) is 2.47. The minimum Gasteiger partial charge on any atom is -0.426 e. The highest BCUT2D eigenvalue weighted by Gasteiger charge is 2.09. The smallest absolute Gasteiger partial charge is 0.313 e. The second-order valence-corrected chi connectivity index (χ2v) is 6.80. The van der Waals surface area contributed by atoms with Crippen LogP contribution in [0.25, 0.3) is 0 Å². The summed E-state index contributed by atoms with van der Waals surface area (Å²) in [6.07, 6.45) is 0. The number of esters is 1. The lowest BCUT2D eigenvalue weighted by molar-refractivity contribution is -0.137. The first-order valence-electron chi connectivity index (χ1n) is 6.36. The number of carbonyl (C=O) groups excluding carboxylic acids is 1. The Kier molecular flexibility index (Phi) is 5.56. The fourth-order valence-electron chi connectivity index (χ4n) is 1.37. The molecule has 0 heterocycles. The highest BCUT2D eigenvalue weighted by Crippen LogP contribution is 2.37. The molecule has 2 aromatic carbocycles. The molecule has 4 heteroatoms. The highest BCUT2D eigenvalue weighted by atomic mass is 33.1. The summed E-state index contributed by atoms with van der Waals surface area (Å²) in [5.74, 6) is 0.277. The molecule has 0 saturated carbocycles. The Bertz CT molecular complexity index is 550. The molecule has 2 nitrogen and oxygen atoms in total. The van der Waals surface area contributed by atoms with Gasteiger partial charge in [-0.1, -0.05) is 53.6 Å². The molecular formula is C16H16O2S2. The summed E-state index contributed by atoms with van der Waals surface area (Å²) >= 11 is 0. The van der Waals surface area contributed by atoms with E-state index < -0.39 is 0 Å². The van der Waals surface area contributed by atoms with Gasteiger partial charge in [0, 0.05) is 9.79 Å². The van der Waals surface area contributed by atoms with Gasteiger partial charge in [-0.3, -0.25) is 4.79 Å². The first-order chi connectivity index (χ1) is 9.65. The SMILES string of the molecule is CC(C)C(=O)Oc1ccc(SSc2ccccc2)cc1. The Labute approximate surface area is 127 Å². The normalized spacial score (nSPS) is 10.6. The number of ether oxygens (including phenoxy) is 1. The maximum atomic E-state index is 11.5. The maximum absolute atomic E-state index is 11.5. The maximum Gasteiger partial charge on any atom is 0.313 e. The van der Waals surface area contributed by atoms with E-state index in [1.807, 2.05) is 56.3 Å². The predicted molar refractivity (Wildman–Crippen MR) is 85.1 cm³/mol. The van der Waals surface area contributed by atoms with Crippen molar-refractivity contribution < 1.29 is 9.53 Å². The minimum absolute atomic E-state index is 0.113. The fourth-order valence-corrected chi connectivity index (χ4v) is 3.32. The lowest BCUT2D eigenvalue weighted by atomic mass is 10.2. The highest BCUT2D eigenvalue weighted by molar-refractivity contribution is 8.76. The van der Waals surface area contributed by atoms with Crippen molar-refractivity contribution in [3.05, 3.63) is 54.6 Å². The third-order valence-corrected chi connectivity index (χ3v) is 4.91. The standard InChI is InChI=1S/C16H16O2S2/c1-12(2)16(17)18-13-8-10-15(11-9-13)20-19-14-6-4-3-5-7-14/h3-12H,1-2H3. The summed E-state index contributed by atoms with van der Waals surface area (Å²) in [7, 11) is 3.39. The predicted octanol–water partition coefficient (Wildman–Crippen LogP) is 5.05. The van der Waals surface area contributed by atoms with Crippen molar-refractivity contribution in [1.29, 1.82) is 0 Å². The molecule has 0 aromatic heterocycles. The molecule has 0 N–H and O–H groups in total. The van der Waals surface area contributed by atoms with Crippen LogP contribution in [-0.2, 0) is 4.79 Å². The summed E-state index contributed by atoms with van der Waals surface area (Å²) < 4.78 is 5.24. The summed E-state index contributed by atoms with van der Waals surface area (Å²) in [5, 5.41) is 0. The molecule has 0 unspecified atom stereocenters. The number of carbonyl (C=O) groups is 1. The molecule has 0 saturated heterocycles. The van der Waals surface area contributed by atoms with E-state index in [0.29, 0.717) is 5.75 Å². The number of rotatable bonds is 5. The van der Waals surface area contributed by atoms with E-state index >= 15 is 0 Å². The monoisotopic (exact) mass is 304 g/mol. The third-order valence-electron chi connectivity index (χ3n) is 2.49. The molecule has 0 aliphatic rings. The Morgan fingerprint density at radius 1 is 0.900 bits per heavy atom. The lowest BCUT2D eigenvalue weighted by Crippen LogP contribution is -2.14. The molecule has 0 aliphatic heterocycles. The first-order valence-corrected chi connectivity index (χ1v) is 8.51. The molecule has 0 amide bonds. The van der Waals surface area contributed by atoms with Crippen molar-refractivity contribution in [3.63, 3.8) is 0 Å². The number of hydrogen-bond acceptors (Lipinski definition) is 4. The van der Waals surface area contributed by atoms with Crippen LogP contribution >= 0.6 is 21.6 Å². The van der Waals surface area contributed by atoms with Gasteiger partial charge in [-0.15, -0.1) is 0 Å². The van der Waals surface area contributed by atoms with Gasteiger partial charge in [0.15, 0.2) is 0 Å². The van der Waals surface area contributed by atoms with Gasteiger partial charge in [0.1, 0.15) is 5.75 Å². The van der Waals surface area contributed by atoms with Crippen LogP contribution in [0.3, 0.4) is 0 Å². The van der Waals surface area contributed by atoms with Crippen LogP contribution in [-0.4, -0.2) is 5.97 Å². The van der Waals surface area contributed by atoms with Crippen molar-refractivity contribution in [3.8, 4) is 5.75 Å². The zero-order valence-electron chi connectivity index (χ0n) is 11.4. The van der Waals surface area contributed by atoms with E-state index in [4.69, 9.17) is 4.74 Å². The van der Waals surface area contributed by atoms with Crippen LogP contribution in [0.15, 0.2) is 64.4 Å². The summed E-state index contributed by atoms with van der Waals surface area (Å²) in [6.45, 7) is 3.64. The molecule has 0 atom stereocenters. The average molecular weight is 304 g/mol. The van der Waals surface area contributed by atoms with E-state index in [1.54, 1.807) is 21.6 Å². The lowest BCUT2D eigenvalue weighted by Gasteiger charge is -2.07. The largest absolute Gasteiger partial charge is 0.426 e. The minimum atomic E-state index is -0.205. The molecule has 2 aromatic rings. The van der Waals surface area contributed by atoms with Gasteiger partial charge in [0.25, 0.3) is 0 Å². The Morgan fingerprint density at radius 2 is 1.45 bits per heavy atom. The van der Waals surface area contributed by atoms with Crippen LogP contribution < -0.4 is 4.74 Å². The van der Waals surface area contributed by atoms with E-state index in [1.165, 1.54) is 4.90 Å². The molecule has 2 rings (SSSR count). The molecule has 0 spiro atoms. The summed E-state index contributed by atoms with van der Waals surface area (Å²) in [5.41, 5.74) is 0. The first kappa shape index (κ1) is 15.0. The van der Waals surface area contributed by atoms with E-state index in [9.17, 15) is 4.79 Å². The van der Waals surface area contributed by atoms with E-state index in [2.05, 4.69) is 12.1 Å². The molecule has 20 heavy (non-hydrogen) atoms. The molecule has 0 fully saturated rings. The van der Waals surface area contributed by atoms with E-state index in [0.717, 1.165) is 4.90 Å².